The molecule has 1 saturated heterocycles. The first kappa shape index (κ1) is 19.2. The van der Waals surface area contributed by atoms with E-state index in [0.717, 1.165) is 6.54 Å². The number of carbonyl (C=O) groups is 1. The fourth-order valence-electron chi connectivity index (χ4n) is 2.24. The zero-order valence-corrected chi connectivity index (χ0v) is 14.1. The lowest BCUT2D eigenvalue weighted by Gasteiger charge is -2.28. The highest BCUT2D eigenvalue weighted by molar-refractivity contribution is 5.68. The van der Waals surface area contributed by atoms with E-state index in [-0.39, 0.29) is 18.9 Å². The number of hydrogen-bond acceptors (Lipinski definition) is 6. The Bertz CT molecular complexity index is 326. The second-order valence-electron chi connectivity index (χ2n) is 6.59. The molecule has 1 amide bonds. The molecule has 7 heteroatoms. The van der Waals surface area contributed by atoms with Gasteiger partial charge in [0.05, 0.1) is 13.2 Å². The molecule has 7 nitrogen and oxygen atoms in total. The summed E-state index contributed by atoms with van der Waals surface area (Å²) < 4.78 is 16.2. The first-order chi connectivity index (χ1) is 10.3. The van der Waals surface area contributed by atoms with Crippen molar-refractivity contribution in [3.63, 3.8) is 0 Å². The second-order valence-corrected chi connectivity index (χ2v) is 6.59. The van der Waals surface area contributed by atoms with Gasteiger partial charge in [-0.3, -0.25) is 0 Å². The molecule has 1 aliphatic heterocycles. The van der Waals surface area contributed by atoms with E-state index in [4.69, 9.17) is 19.3 Å². The molecule has 0 saturated carbocycles. The van der Waals surface area contributed by atoms with Crippen molar-refractivity contribution in [2.45, 2.75) is 51.5 Å². The zero-order chi connectivity index (χ0) is 16.6. The molecule has 1 unspecified atom stereocenters. The van der Waals surface area contributed by atoms with Crippen LogP contribution in [0.2, 0.25) is 0 Å². The SMILES string of the molecule is CN(CCCO)CC(CC1OCCO1)NC(=O)OC(C)(C)C. The van der Waals surface area contributed by atoms with E-state index in [1.54, 1.807) is 0 Å². The van der Waals surface area contributed by atoms with E-state index in [1.807, 2.05) is 27.8 Å². The molecule has 0 aliphatic carbocycles. The Morgan fingerprint density at radius 3 is 2.59 bits per heavy atom. The molecule has 22 heavy (non-hydrogen) atoms. The molecule has 130 valence electrons. The molecule has 0 aromatic rings. The van der Waals surface area contributed by atoms with Crippen molar-refractivity contribution in [2.75, 3.05) is 40.0 Å². The minimum Gasteiger partial charge on any atom is -0.444 e. The van der Waals surface area contributed by atoms with Gasteiger partial charge in [0.1, 0.15) is 5.60 Å². The molecule has 0 bridgehead atoms. The summed E-state index contributed by atoms with van der Waals surface area (Å²) in [4.78, 5) is 14.0. The molecule has 1 atom stereocenters. The number of rotatable bonds is 8. The Morgan fingerprint density at radius 2 is 2.05 bits per heavy atom. The first-order valence-electron chi connectivity index (χ1n) is 7.82. The Kier molecular flexibility index (Phi) is 8.09. The quantitative estimate of drug-likeness (QED) is 0.694. The van der Waals surface area contributed by atoms with Crippen LogP contribution >= 0.6 is 0 Å². The standard InChI is InChI=1S/C15H30N2O5/c1-15(2,3)22-14(19)16-12(10-13-20-8-9-21-13)11-17(4)6-5-7-18/h12-13,18H,5-11H2,1-4H3,(H,16,19). The molecule has 1 aliphatic rings. The van der Waals surface area contributed by atoms with Gasteiger partial charge < -0.3 is 29.5 Å². The lowest BCUT2D eigenvalue weighted by atomic mass is 10.2. The van der Waals surface area contributed by atoms with E-state index in [2.05, 4.69) is 10.2 Å². The lowest BCUT2D eigenvalue weighted by molar-refractivity contribution is -0.0544. The summed E-state index contributed by atoms with van der Waals surface area (Å²) in [7, 11) is 1.95. The predicted molar refractivity (Wildman–Crippen MR) is 82.7 cm³/mol. The maximum atomic E-state index is 12.0. The molecule has 0 spiro atoms. The van der Waals surface area contributed by atoms with Crippen molar-refractivity contribution in [2.24, 2.45) is 0 Å². The molecule has 0 aromatic heterocycles. The third kappa shape index (κ3) is 8.53. The van der Waals surface area contributed by atoms with E-state index in [9.17, 15) is 4.79 Å². The topological polar surface area (TPSA) is 80.3 Å². The number of hydrogen-bond donors (Lipinski definition) is 2. The number of likely N-dealkylation sites (N-methyl/N-ethyl adjacent to an activating group) is 1. The average molecular weight is 318 g/mol. The van der Waals surface area contributed by atoms with Gasteiger partial charge in [-0.05, 0) is 34.2 Å². The Morgan fingerprint density at radius 1 is 1.41 bits per heavy atom. The van der Waals surface area contributed by atoms with Crippen molar-refractivity contribution < 1.29 is 24.1 Å². The zero-order valence-electron chi connectivity index (χ0n) is 14.1. The molecule has 2 N–H and O–H groups in total. The minimum atomic E-state index is -0.530. The Labute approximate surface area is 132 Å². The molecule has 1 rings (SSSR count). The van der Waals surface area contributed by atoms with Gasteiger partial charge in [0.15, 0.2) is 6.29 Å². The molecular formula is C15H30N2O5. The van der Waals surface area contributed by atoms with Crippen molar-refractivity contribution >= 4 is 6.09 Å². The van der Waals surface area contributed by atoms with Crippen LogP contribution in [-0.4, -0.2) is 74.0 Å². The van der Waals surface area contributed by atoms with Gasteiger partial charge in [-0.25, -0.2) is 4.79 Å². The monoisotopic (exact) mass is 318 g/mol. The third-order valence-electron chi connectivity index (χ3n) is 3.12. The largest absolute Gasteiger partial charge is 0.444 e. The number of nitrogens with one attached hydrogen (secondary N) is 1. The van der Waals surface area contributed by atoms with Crippen LogP contribution in [0.1, 0.15) is 33.6 Å². The highest BCUT2D eigenvalue weighted by Gasteiger charge is 2.25. The smallest absolute Gasteiger partial charge is 0.407 e. The summed E-state index contributed by atoms with van der Waals surface area (Å²) in [6.07, 6.45) is 0.548. The van der Waals surface area contributed by atoms with Crippen LogP contribution < -0.4 is 5.32 Å². The number of nitrogens with zero attached hydrogens (tertiary/aromatic N) is 1. The Hall–Kier alpha value is -0.890. The number of alkyl carbamates (subject to hydrolysis) is 1. The van der Waals surface area contributed by atoms with Crippen LogP contribution in [0.3, 0.4) is 0 Å². The number of ether oxygens (including phenoxy) is 3. The van der Waals surface area contributed by atoms with Crippen molar-refractivity contribution in [1.82, 2.24) is 10.2 Å². The van der Waals surface area contributed by atoms with Crippen molar-refractivity contribution in [3.8, 4) is 0 Å². The van der Waals surface area contributed by atoms with Gasteiger partial charge in [0, 0.05) is 32.2 Å². The number of aliphatic hydroxyl groups is 1. The fraction of sp³-hybridized carbons (Fsp3) is 0.933. The third-order valence-corrected chi connectivity index (χ3v) is 3.12. The van der Waals surface area contributed by atoms with Crippen molar-refractivity contribution in [3.05, 3.63) is 0 Å². The van der Waals surface area contributed by atoms with Crippen LogP contribution in [0.5, 0.6) is 0 Å². The van der Waals surface area contributed by atoms with Gasteiger partial charge in [-0.1, -0.05) is 0 Å². The van der Waals surface area contributed by atoms with Crippen LogP contribution in [0.4, 0.5) is 4.79 Å². The van der Waals surface area contributed by atoms with Gasteiger partial charge in [0.25, 0.3) is 0 Å². The van der Waals surface area contributed by atoms with E-state index < -0.39 is 11.7 Å². The van der Waals surface area contributed by atoms with E-state index in [1.165, 1.54) is 0 Å². The molecule has 0 radical (unpaired) electrons. The highest BCUT2D eigenvalue weighted by atomic mass is 16.7. The van der Waals surface area contributed by atoms with Gasteiger partial charge in [-0.2, -0.15) is 0 Å². The molecule has 1 heterocycles. The number of aliphatic hydroxyl groups excluding tert-OH is 1. The van der Waals surface area contributed by atoms with Crippen molar-refractivity contribution in [1.29, 1.82) is 0 Å². The molecule has 1 fully saturated rings. The number of amides is 1. The summed E-state index contributed by atoms with van der Waals surface area (Å²) in [6.45, 7) is 8.23. The maximum Gasteiger partial charge on any atom is 0.407 e. The van der Waals surface area contributed by atoms with Gasteiger partial charge in [0.2, 0.25) is 0 Å². The summed E-state index contributed by atoms with van der Waals surface area (Å²) >= 11 is 0. The lowest BCUT2D eigenvalue weighted by Crippen LogP contribution is -2.46. The van der Waals surface area contributed by atoms with Gasteiger partial charge in [-0.15, -0.1) is 0 Å². The van der Waals surface area contributed by atoms with Crippen LogP contribution in [0.25, 0.3) is 0 Å². The first-order valence-corrected chi connectivity index (χ1v) is 7.82. The van der Waals surface area contributed by atoms with Crippen LogP contribution in [-0.2, 0) is 14.2 Å². The normalized spacial score (nSPS) is 17.7. The Balaban J connectivity index is 2.50. The second kappa shape index (κ2) is 9.29. The summed E-state index contributed by atoms with van der Waals surface area (Å²) in [5, 5.41) is 11.8. The summed E-state index contributed by atoms with van der Waals surface area (Å²) in [5.74, 6) is 0. The van der Waals surface area contributed by atoms with E-state index in [0.29, 0.717) is 32.6 Å². The summed E-state index contributed by atoms with van der Waals surface area (Å²) in [6, 6.07) is -0.137. The fourth-order valence-corrected chi connectivity index (χ4v) is 2.24. The summed E-state index contributed by atoms with van der Waals surface area (Å²) in [5.41, 5.74) is -0.530. The maximum absolute atomic E-state index is 12.0. The highest BCUT2D eigenvalue weighted by Crippen LogP contribution is 2.13. The average Bonchev–Trinajstić information content (AvgIpc) is 2.86. The molecule has 0 aromatic carbocycles. The van der Waals surface area contributed by atoms with Crippen LogP contribution in [0.15, 0.2) is 0 Å². The minimum absolute atomic E-state index is 0.137. The van der Waals surface area contributed by atoms with E-state index >= 15 is 0 Å². The van der Waals surface area contributed by atoms with Gasteiger partial charge >= 0.3 is 6.09 Å². The number of carbonyl (C=O) groups excluding carboxylic acids is 1. The molecular weight excluding hydrogens is 288 g/mol. The van der Waals surface area contributed by atoms with Crippen LogP contribution in [0, 0.1) is 0 Å². The predicted octanol–water partition coefficient (Wildman–Crippen LogP) is 0.957.